The molecule has 0 amide bonds. The molecular weight excluding hydrogens is 212 g/mol. The lowest BCUT2D eigenvalue weighted by atomic mass is 9.73. The van der Waals surface area contributed by atoms with Gasteiger partial charge in [-0.2, -0.15) is 0 Å². The van der Waals surface area contributed by atoms with Crippen LogP contribution in [0.15, 0.2) is 23.8 Å². The summed E-state index contributed by atoms with van der Waals surface area (Å²) in [5, 5.41) is 0. The monoisotopic (exact) mass is 236 g/mol. The Morgan fingerprint density at radius 1 is 1.53 bits per heavy atom. The van der Waals surface area contributed by atoms with Crippen LogP contribution in [0.1, 0.15) is 47.0 Å². The van der Waals surface area contributed by atoms with Crippen molar-refractivity contribution in [3.63, 3.8) is 0 Å². The Labute approximate surface area is 105 Å². The number of hydrogen-bond donors (Lipinski definition) is 0. The largest absolute Gasteiger partial charge is 0.463 e. The van der Waals surface area contributed by atoms with Crippen LogP contribution in [-0.4, -0.2) is 12.6 Å². The van der Waals surface area contributed by atoms with Crippen LogP contribution in [0, 0.1) is 11.3 Å². The van der Waals surface area contributed by atoms with E-state index in [2.05, 4.69) is 26.8 Å². The Balaban J connectivity index is 2.49. The van der Waals surface area contributed by atoms with E-state index in [1.807, 2.05) is 13.0 Å². The zero-order chi connectivity index (χ0) is 12.9. The molecule has 2 nitrogen and oxygen atoms in total. The summed E-state index contributed by atoms with van der Waals surface area (Å²) in [7, 11) is 0. The number of carbonyl (C=O) groups is 1. The minimum atomic E-state index is -0.244. The highest BCUT2D eigenvalue weighted by Crippen LogP contribution is 2.37. The van der Waals surface area contributed by atoms with Gasteiger partial charge in [-0.15, -0.1) is 0 Å². The minimum absolute atomic E-state index is 0.244. The van der Waals surface area contributed by atoms with Crippen LogP contribution in [0.4, 0.5) is 0 Å². The fraction of sp³-hybridized carbons (Fsp3) is 0.667. The Bertz CT molecular complexity index is 318. The summed E-state index contributed by atoms with van der Waals surface area (Å²) in [5.74, 6) is 0.508. The van der Waals surface area contributed by atoms with Crippen molar-refractivity contribution in [3.8, 4) is 0 Å². The predicted molar refractivity (Wildman–Crippen MR) is 70.7 cm³/mol. The van der Waals surface area contributed by atoms with Crippen LogP contribution in [0.25, 0.3) is 0 Å². The molecule has 0 spiro atoms. The van der Waals surface area contributed by atoms with Gasteiger partial charge in [-0.05, 0) is 37.5 Å². The fourth-order valence-corrected chi connectivity index (χ4v) is 2.16. The van der Waals surface area contributed by atoms with Gasteiger partial charge >= 0.3 is 5.97 Å². The second kappa shape index (κ2) is 6.04. The highest BCUT2D eigenvalue weighted by atomic mass is 16.5. The molecule has 2 heteroatoms. The topological polar surface area (TPSA) is 26.3 Å². The first-order valence-electron chi connectivity index (χ1n) is 6.47. The van der Waals surface area contributed by atoms with E-state index in [0.29, 0.717) is 12.0 Å². The Morgan fingerprint density at radius 2 is 2.24 bits per heavy atom. The summed E-state index contributed by atoms with van der Waals surface area (Å²) in [4.78, 5) is 11.2. The molecule has 1 atom stereocenters. The van der Waals surface area contributed by atoms with Gasteiger partial charge in [-0.1, -0.05) is 38.5 Å². The van der Waals surface area contributed by atoms with Crippen LogP contribution < -0.4 is 0 Å². The van der Waals surface area contributed by atoms with E-state index < -0.39 is 0 Å². The van der Waals surface area contributed by atoms with Gasteiger partial charge in [0.1, 0.15) is 0 Å². The molecule has 0 aliphatic heterocycles. The molecule has 0 aromatic rings. The quantitative estimate of drug-likeness (QED) is 0.549. The molecule has 96 valence electrons. The highest BCUT2D eigenvalue weighted by Gasteiger charge is 2.25. The maximum Gasteiger partial charge on any atom is 0.330 e. The molecule has 17 heavy (non-hydrogen) atoms. The van der Waals surface area contributed by atoms with Crippen molar-refractivity contribution in [1.82, 2.24) is 0 Å². The van der Waals surface area contributed by atoms with E-state index in [1.54, 1.807) is 0 Å². The van der Waals surface area contributed by atoms with Gasteiger partial charge in [0.25, 0.3) is 0 Å². The lowest BCUT2D eigenvalue weighted by molar-refractivity contribution is -0.137. The SMILES string of the molecule is CCOC(=O)/C=C/C1=CCC(C(C)(C)C)CC1. The van der Waals surface area contributed by atoms with E-state index >= 15 is 0 Å². The highest BCUT2D eigenvalue weighted by molar-refractivity contribution is 5.82. The van der Waals surface area contributed by atoms with Gasteiger partial charge in [-0.3, -0.25) is 0 Å². The number of esters is 1. The fourth-order valence-electron chi connectivity index (χ4n) is 2.16. The summed E-state index contributed by atoms with van der Waals surface area (Å²) in [6.07, 6.45) is 9.09. The van der Waals surface area contributed by atoms with E-state index in [0.717, 1.165) is 18.8 Å². The smallest absolute Gasteiger partial charge is 0.330 e. The number of ether oxygens (including phenoxy) is 1. The zero-order valence-electron chi connectivity index (χ0n) is 11.5. The third-order valence-corrected chi connectivity index (χ3v) is 3.39. The number of rotatable bonds is 3. The molecule has 0 heterocycles. The van der Waals surface area contributed by atoms with Crippen LogP contribution in [0.3, 0.4) is 0 Å². The summed E-state index contributed by atoms with van der Waals surface area (Å²) in [6.45, 7) is 9.15. The van der Waals surface area contributed by atoms with Crippen molar-refractivity contribution in [2.45, 2.75) is 47.0 Å². The molecule has 1 aliphatic rings. The van der Waals surface area contributed by atoms with E-state index in [4.69, 9.17) is 4.74 Å². The zero-order valence-corrected chi connectivity index (χ0v) is 11.5. The third kappa shape index (κ3) is 4.76. The Kier molecular flexibility index (Phi) is 4.98. The third-order valence-electron chi connectivity index (χ3n) is 3.39. The van der Waals surface area contributed by atoms with Gasteiger partial charge in [0.2, 0.25) is 0 Å². The molecule has 1 unspecified atom stereocenters. The molecule has 0 saturated heterocycles. The molecule has 0 aromatic carbocycles. The Morgan fingerprint density at radius 3 is 2.71 bits per heavy atom. The number of carbonyl (C=O) groups excluding carboxylic acids is 1. The van der Waals surface area contributed by atoms with E-state index in [9.17, 15) is 4.79 Å². The second-order valence-corrected chi connectivity index (χ2v) is 5.70. The first-order valence-corrected chi connectivity index (χ1v) is 6.47. The lowest BCUT2D eigenvalue weighted by Crippen LogP contribution is -2.21. The normalized spacial score (nSPS) is 21.4. The van der Waals surface area contributed by atoms with Gasteiger partial charge in [0.15, 0.2) is 0 Å². The van der Waals surface area contributed by atoms with Crippen LogP contribution >= 0.6 is 0 Å². The molecule has 0 bridgehead atoms. The van der Waals surface area contributed by atoms with Crippen molar-refractivity contribution in [2.24, 2.45) is 11.3 Å². The van der Waals surface area contributed by atoms with Crippen molar-refractivity contribution < 1.29 is 9.53 Å². The molecule has 0 aromatic heterocycles. The molecule has 1 rings (SSSR count). The van der Waals surface area contributed by atoms with Gasteiger partial charge in [0.05, 0.1) is 6.61 Å². The molecule has 0 fully saturated rings. The summed E-state index contributed by atoms with van der Waals surface area (Å²) in [5.41, 5.74) is 1.64. The van der Waals surface area contributed by atoms with Crippen molar-refractivity contribution >= 4 is 5.97 Å². The van der Waals surface area contributed by atoms with Gasteiger partial charge in [-0.25, -0.2) is 4.79 Å². The molecular formula is C15H24O2. The van der Waals surface area contributed by atoms with E-state index in [-0.39, 0.29) is 5.97 Å². The lowest BCUT2D eigenvalue weighted by Gasteiger charge is -2.32. The van der Waals surface area contributed by atoms with Crippen LogP contribution in [0.5, 0.6) is 0 Å². The maximum atomic E-state index is 11.2. The van der Waals surface area contributed by atoms with Crippen LogP contribution in [0.2, 0.25) is 0 Å². The number of allylic oxidation sites excluding steroid dienone is 3. The molecule has 0 saturated carbocycles. The molecule has 1 aliphatic carbocycles. The summed E-state index contributed by atoms with van der Waals surface area (Å²) in [6, 6.07) is 0. The second-order valence-electron chi connectivity index (χ2n) is 5.70. The predicted octanol–water partition coefficient (Wildman–Crippen LogP) is 3.88. The minimum Gasteiger partial charge on any atom is -0.463 e. The number of hydrogen-bond acceptors (Lipinski definition) is 2. The van der Waals surface area contributed by atoms with Crippen LogP contribution in [-0.2, 0) is 9.53 Å². The molecule has 0 N–H and O–H groups in total. The van der Waals surface area contributed by atoms with Crippen molar-refractivity contribution in [1.29, 1.82) is 0 Å². The average molecular weight is 236 g/mol. The Hall–Kier alpha value is -1.05. The summed E-state index contributed by atoms with van der Waals surface area (Å²) < 4.78 is 4.86. The average Bonchev–Trinajstić information content (AvgIpc) is 2.26. The summed E-state index contributed by atoms with van der Waals surface area (Å²) >= 11 is 0. The van der Waals surface area contributed by atoms with Gasteiger partial charge < -0.3 is 4.74 Å². The molecule has 0 radical (unpaired) electrons. The van der Waals surface area contributed by atoms with Crippen molar-refractivity contribution in [3.05, 3.63) is 23.8 Å². The van der Waals surface area contributed by atoms with Gasteiger partial charge in [0, 0.05) is 6.08 Å². The maximum absolute atomic E-state index is 11.2. The first-order chi connectivity index (χ1) is 7.93. The van der Waals surface area contributed by atoms with Crippen molar-refractivity contribution in [2.75, 3.05) is 6.61 Å². The van der Waals surface area contributed by atoms with E-state index in [1.165, 1.54) is 18.1 Å². The standard InChI is InChI=1S/C15H24O2/c1-5-17-14(16)11-8-12-6-9-13(10-7-12)15(2,3)4/h6,8,11,13H,5,7,9-10H2,1-4H3/b11-8+. The first kappa shape index (κ1) is 14.0.